The summed E-state index contributed by atoms with van der Waals surface area (Å²) in [5.41, 5.74) is 1.77. The summed E-state index contributed by atoms with van der Waals surface area (Å²) in [6.07, 6.45) is 2.40. The van der Waals surface area contributed by atoms with Crippen molar-refractivity contribution >= 4 is 28.8 Å². The number of amides is 2. The van der Waals surface area contributed by atoms with E-state index in [1.807, 2.05) is 40.7 Å². The summed E-state index contributed by atoms with van der Waals surface area (Å²) >= 11 is 1.59. The number of fused-ring (bicyclic) bond motifs is 1. The summed E-state index contributed by atoms with van der Waals surface area (Å²) in [7, 11) is 0. The van der Waals surface area contributed by atoms with Crippen molar-refractivity contribution in [2.45, 2.75) is 33.1 Å². The number of nitrogens with zero attached hydrogens (tertiary/aromatic N) is 3. The number of carbonyl (C=O) groups excluding carboxylic acids is 2. The van der Waals surface area contributed by atoms with Gasteiger partial charge in [0.25, 0.3) is 5.91 Å². The summed E-state index contributed by atoms with van der Waals surface area (Å²) < 4.78 is 14.1. The first-order chi connectivity index (χ1) is 15.0. The van der Waals surface area contributed by atoms with E-state index in [9.17, 15) is 14.0 Å². The number of piperazine rings is 1. The van der Waals surface area contributed by atoms with Crippen molar-refractivity contribution in [2.75, 3.05) is 44.2 Å². The first-order valence-electron chi connectivity index (χ1n) is 11.2. The molecule has 1 aromatic heterocycles. The molecule has 0 bridgehead atoms. The monoisotopic (exact) mass is 443 g/mol. The number of aryl methyl sites for hydroxylation is 1. The van der Waals surface area contributed by atoms with Gasteiger partial charge in [0.1, 0.15) is 5.82 Å². The summed E-state index contributed by atoms with van der Waals surface area (Å²) in [6, 6.07) is 8.82. The van der Waals surface area contributed by atoms with E-state index in [1.54, 1.807) is 23.5 Å². The number of benzene rings is 1. The van der Waals surface area contributed by atoms with Crippen molar-refractivity contribution < 1.29 is 14.0 Å². The molecule has 1 saturated heterocycles. The van der Waals surface area contributed by atoms with Crippen LogP contribution in [0.5, 0.6) is 0 Å². The molecule has 4 rings (SSSR count). The molecule has 5 nitrogen and oxygen atoms in total. The average Bonchev–Trinajstić information content (AvgIpc) is 3.23. The van der Waals surface area contributed by atoms with Crippen molar-refractivity contribution in [3.8, 4) is 0 Å². The molecule has 2 aromatic rings. The zero-order valence-corrected chi connectivity index (χ0v) is 19.1. The molecular formula is C24H30FN3O2S. The first-order valence-corrected chi connectivity index (χ1v) is 12.0. The Kier molecular flexibility index (Phi) is 6.60. The van der Waals surface area contributed by atoms with Crippen LogP contribution >= 0.6 is 11.3 Å². The zero-order chi connectivity index (χ0) is 22.0. The molecular weight excluding hydrogens is 413 g/mol. The molecule has 1 aliphatic carbocycles. The third-order valence-electron chi connectivity index (χ3n) is 6.48. The molecule has 0 N–H and O–H groups in total. The fraction of sp³-hybridized carbons (Fsp3) is 0.500. The maximum absolute atomic E-state index is 14.1. The van der Waals surface area contributed by atoms with Crippen molar-refractivity contribution in [2.24, 2.45) is 5.92 Å². The minimum Gasteiger partial charge on any atom is -0.366 e. The number of thiophene rings is 1. The predicted molar refractivity (Wildman–Crippen MR) is 122 cm³/mol. The average molecular weight is 444 g/mol. The van der Waals surface area contributed by atoms with Gasteiger partial charge >= 0.3 is 0 Å². The standard InChI is InChI=1S/C24H30FN3O2S/c1-3-26(4-2)24(30)22-16-18-15-17(9-10-21(18)31-22)23(29)28-13-11-27(12-14-28)20-8-6-5-7-19(20)25/h5-8,16-17H,3-4,9-15H2,1-2H3. The SMILES string of the molecule is CCN(CC)C(=O)c1cc2c(s1)CCC(C(=O)N1CCN(c3ccccc3F)CC1)C2. The molecule has 1 unspecified atom stereocenters. The van der Waals surface area contributed by atoms with Gasteiger partial charge in [0, 0.05) is 50.1 Å². The van der Waals surface area contributed by atoms with Gasteiger partial charge in [-0.25, -0.2) is 4.39 Å². The van der Waals surface area contributed by atoms with Crippen LogP contribution in [0.2, 0.25) is 0 Å². The number of para-hydroxylation sites is 1. The maximum Gasteiger partial charge on any atom is 0.263 e. The van der Waals surface area contributed by atoms with Gasteiger partial charge in [-0.2, -0.15) is 0 Å². The Morgan fingerprint density at radius 1 is 1.13 bits per heavy atom. The lowest BCUT2D eigenvalue weighted by Gasteiger charge is -2.38. The molecule has 1 fully saturated rings. The highest BCUT2D eigenvalue weighted by molar-refractivity contribution is 7.14. The highest BCUT2D eigenvalue weighted by Gasteiger charge is 2.32. The van der Waals surface area contributed by atoms with Gasteiger partial charge < -0.3 is 14.7 Å². The smallest absolute Gasteiger partial charge is 0.263 e. The molecule has 31 heavy (non-hydrogen) atoms. The van der Waals surface area contributed by atoms with Crippen LogP contribution in [0.1, 0.15) is 40.4 Å². The molecule has 1 aliphatic heterocycles. The van der Waals surface area contributed by atoms with E-state index in [4.69, 9.17) is 0 Å². The van der Waals surface area contributed by atoms with E-state index < -0.39 is 0 Å². The zero-order valence-electron chi connectivity index (χ0n) is 18.3. The highest BCUT2D eigenvalue weighted by Crippen LogP contribution is 2.34. The van der Waals surface area contributed by atoms with Crippen LogP contribution in [0, 0.1) is 11.7 Å². The largest absolute Gasteiger partial charge is 0.366 e. The molecule has 2 amide bonds. The van der Waals surface area contributed by atoms with Crippen molar-refractivity contribution in [1.29, 1.82) is 0 Å². The second-order valence-corrected chi connectivity index (χ2v) is 9.38. The summed E-state index contributed by atoms with van der Waals surface area (Å²) in [4.78, 5) is 33.7. The van der Waals surface area contributed by atoms with Gasteiger partial charge in [-0.05, 0) is 56.9 Å². The molecule has 0 radical (unpaired) electrons. The molecule has 1 atom stereocenters. The van der Waals surface area contributed by atoms with Crippen LogP contribution in [-0.4, -0.2) is 60.9 Å². The van der Waals surface area contributed by atoms with Gasteiger partial charge in [0.2, 0.25) is 5.91 Å². The molecule has 2 heterocycles. The van der Waals surface area contributed by atoms with Crippen molar-refractivity contribution in [3.05, 3.63) is 51.5 Å². The van der Waals surface area contributed by atoms with E-state index in [-0.39, 0.29) is 23.5 Å². The molecule has 0 spiro atoms. The topological polar surface area (TPSA) is 43.9 Å². The van der Waals surface area contributed by atoms with Crippen LogP contribution in [0.3, 0.4) is 0 Å². The third kappa shape index (κ3) is 4.47. The number of carbonyl (C=O) groups is 2. The van der Waals surface area contributed by atoms with E-state index in [0.717, 1.165) is 23.3 Å². The van der Waals surface area contributed by atoms with Gasteiger partial charge in [0.05, 0.1) is 10.6 Å². The molecule has 0 saturated carbocycles. The maximum atomic E-state index is 14.1. The fourth-order valence-electron chi connectivity index (χ4n) is 4.64. The van der Waals surface area contributed by atoms with Crippen LogP contribution < -0.4 is 4.90 Å². The number of halogens is 1. The Balaban J connectivity index is 1.37. The van der Waals surface area contributed by atoms with E-state index in [0.29, 0.717) is 51.4 Å². The Morgan fingerprint density at radius 2 is 1.84 bits per heavy atom. The predicted octanol–water partition coefficient (Wildman–Crippen LogP) is 3.82. The number of rotatable bonds is 5. The summed E-state index contributed by atoms with van der Waals surface area (Å²) in [5, 5.41) is 0. The second kappa shape index (κ2) is 9.39. The van der Waals surface area contributed by atoms with E-state index in [2.05, 4.69) is 0 Å². The highest BCUT2D eigenvalue weighted by atomic mass is 32.1. The minimum atomic E-state index is -0.213. The van der Waals surface area contributed by atoms with E-state index in [1.165, 1.54) is 10.9 Å². The van der Waals surface area contributed by atoms with Crippen LogP contribution in [-0.2, 0) is 17.6 Å². The Hall–Kier alpha value is -2.41. The van der Waals surface area contributed by atoms with Crippen LogP contribution in [0.15, 0.2) is 30.3 Å². The van der Waals surface area contributed by atoms with Crippen molar-refractivity contribution in [1.82, 2.24) is 9.80 Å². The quantitative estimate of drug-likeness (QED) is 0.706. The lowest BCUT2D eigenvalue weighted by Crippen LogP contribution is -2.51. The number of hydrogen-bond donors (Lipinski definition) is 0. The Labute approximate surface area is 187 Å². The van der Waals surface area contributed by atoms with Crippen LogP contribution in [0.4, 0.5) is 10.1 Å². The normalized spacial score (nSPS) is 18.6. The lowest BCUT2D eigenvalue weighted by atomic mass is 9.87. The van der Waals surface area contributed by atoms with Gasteiger partial charge in [-0.1, -0.05) is 12.1 Å². The number of hydrogen-bond acceptors (Lipinski definition) is 4. The van der Waals surface area contributed by atoms with Gasteiger partial charge in [0.15, 0.2) is 0 Å². The Bertz CT molecular complexity index is 948. The molecule has 7 heteroatoms. The first kappa shape index (κ1) is 21.8. The molecule has 1 aromatic carbocycles. The third-order valence-corrected chi connectivity index (χ3v) is 7.70. The molecule has 166 valence electrons. The lowest BCUT2D eigenvalue weighted by molar-refractivity contribution is -0.136. The fourth-order valence-corrected chi connectivity index (χ4v) is 5.82. The Morgan fingerprint density at radius 3 is 2.52 bits per heavy atom. The van der Waals surface area contributed by atoms with E-state index >= 15 is 0 Å². The van der Waals surface area contributed by atoms with Gasteiger partial charge in [-0.15, -0.1) is 11.3 Å². The summed E-state index contributed by atoms with van der Waals surface area (Å²) in [6.45, 7) is 7.93. The number of anilines is 1. The van der Waals surface area contributed by atoms with Crippen molar-refractivity contribution in [3.63, 3.8) is 0 Å². The van der Waals surface area contributed by atoms with Crippen LogP contribution in [0.25, 0.3) is 0 Å². The summed E-state index contributed by atoms with van der Waals surface area (Å²) in [5.74, 6) is 0.0475. The second-order valence-electron chi connectivity index (χ2n) is 8.24. The minimum absolute atomic E-state index is 0.0292. The molecule has 2 aliphatic rings. The van der Waals surface area contributed by atoms with Gasteiger partial charge in [-0.3, -0.25) is 9.59 Å².